The molecule has 0 aliphatic rings. The van der Waals surface area contributed by atoms with E-state index in [0.717, 1.165) is 11.9 Å². The number of nitrogens with one attached hydrogen (secondary N) is 2. The number of ether oxygens (including phenoxy) is 1. The first kappa shape index (κ1) is 15.1. The third-order valence-corrected chi connectivity index (χ3v) is 3.15. The van der Waals surface area contributed by atoms with Gasteiger partial charge in [-0.15, -0.1) is 0 Å². The van der Waals surface area contributed by atoms with Crippen LogP contribution in [0.3, 0.4) is 0 Å². The molecule has 2 amide bonds. The Kier molecular flexibility index (Phi) is 4.99. The topological polar surface area (TPSA) is 85.5 Å². The molecule has 0 bridgehead atoms. The predicted molar refractivity (Wildman–Crippen MR) is 77.0 cm³/mol. The minimum absolute atomic E-state index is 0.0572. The number of aryl methyl sites for hydroxylation is 1. The highest BCUT2D eigenvalue weighted by Crippen LogP contribution is 2.19. The minimum atomic E-state index is -0.309. The number of nitrogens with zero attached hydrogens (tertiary/aromatic N) is 1. The van der Waals surface area contributed by atoms with Gasteiger partial charge >= 0.3 is 0 Å². The fourth-order valence-electron chi connectivity index (χ4n) is 2.03. The Morgan fingerprint density at radius 3 is 2.90 bits per heavy atom. The van der Waals surface area contributed by atoms with Crippen molar-refractivity contribution in [2.24, 2.45) is 7.05 Å². The van der Waals surface area contributed by atoms with Gasteiger partial charge in [0.2, 0.25) is 5.91 Å². The Balaban J connectivity index is 1.83. The van der Waals surface area contributed by atoms with Gasteiger partial charge in [0.05, 0.1) is 18.3 Å². The van der Waals surface area contributed by atoms with Crippen molar-refractivity contribution in [1.82, 2.24) is 15.2 Å². The molecule has 0 spiro atoms. The van der Waals surface area contributed by atoms with E-state index in [2.05, 4.69) is 10.6 Å². The van der Waals surface area contributed by atoms with Crippen LogP contribution in [0.25, 0.3) is 11.1 Å². The Hall–Kier alpha value is -2.28. The van der Waals surface area contributed by atoms with Gasteiger partial charge in [0, 0.05) is 39.4 Å². The molecule has 0 saturated carbocycles. The normalized spacial score (nSPS) is 10.8. The van der Waals surface area contributed by atoms with E-state index in [1.807, 2.05) is 0 Å². The van der Waals surface area contributed by atoms with Crippen LogP contribution in [-0.4, -0.2) is 43.2 Å². The van der Waals surface area contributed by atoms with Gasteiger partial charge in [-0.05, 0) is 6.42 Å². The van der Waals surface area contributed by atoms with Gasteiger partial charge < -0.3 is 24.4 Å². The molecular formula is C14H19N3O4. The SMILES string of the molecule is COCCCNC(=O)CNC(=O)c1cc2occc2n1C. The lowest BCUT2D eigenvalue weighted by molar-refractivity contribution is -0.120. The number of hydrogen-bond acceptors (Lipinski definition) is 4. The van der Waals surface area contributed by atoms with Crippen molar-refractivity contribution in [3.63, 3.8) is 0 Å². The number of amides is 2. The van der Waals surface area contributed by atoms with Crippen LogP contribution < -0.4 is 10.6 Å². The van der Waals surface area contributed by atoms with E-state index in [1.54, 1.807) is 37.1 Å². The van der Waals surface area contributed by atoms with Gasteiger partial charge in [-0.1, -0.05) is 0 Å². The van der Waals surface area contributed by atoms with Crippen molar-refractivity contribution < 1.29 is 18.7 Å². The summed E-state index contributed by atoms with van der Waals surface area (Å²) in [6, 6.07) is 3.44. The van der Waals surface area contributed by atoms with E-state index in [0.29, 0.717) is 24.4 Å². The molecule has 0 fully saturated rings. The van der Waals surface area contributed by atoms with Crippen molar-refractivity contribution in [3.8, 4) is 0 Å². The highest BCUT2D eigenvalue weighted by atomic mass is 16.5. The molecular weight excluding hydrogens is 274 g/mol. The summed E-state index contributed by atoms with van der Waals surface area (Å²) in [7, 11) is 3.38. The van der Waals surface area contributed by atoms with Crippen LogP contribution in [0.15, 0.2) is 22.8 Å². The van der Waals surface area contributed by atoms with Gasteiger partial charge in [0.15, 0.2) is 5.58 Å². The van der Waals surface area contributed by atoms with E-state index in [1.165, 1.54) is 0 Å². The molecule has 21 heavy (non-hydrogen) atoms. The summed E-state index contributed by atoms with van der Waals surface area (Å²) < 4.78 is 11.8. The Morgan fingerprint density at radius 2 is 2.19 bits per heavy atom. The third-order valence-electron chi connectivity index (χ3n) is 3.15. The molecule has 2 N–H and O–H groups in total. The molecule has 2 aromatic heterocycles. The lowest BCUT2D eigenvalue weighted by Gasteiger charge is -2.07. The van der Waals surface area contributed by atoms with Crippen LogP contribution in [0.4, 0.5) is 0 Å². The number of hydrogen-bond donors (Lipinski definition) is 2. The summed E-state index contributed by atoms with van der Waals surface area (Å²) in [5.74, 6) is -0.534. The van der Waals surface area contributed by atoms with Gasteiger partial charge in [0.25, 0.3) is 5.91 Å². The predicted octanol–water partition coefficient (Wildman–Crippen LogP) is 0.654. The summed E-state index contributed by atoms with van der Waals surface area (Å²) in [5.41, 5.74) is 1.94. The maximum Gasteiger partial charge on any atom is 0.268 e. The summed E-state index contributed by atoms with van der Waals surface area (Å²) in [4.78, 5) is 23.6. The first-order valence-electron chi connectivity index (χ1n) is 6.70. The average molecular weight is 293 g/mol. The van der Waals surface area contributed by atoms with Crippen LogP contribution >= 0.6 is 0 Å². The zero-order chi connectivity index (χ0) is 15.2. The summed E-state index contributed by atoms with van der Waals surface area (Å²) in [5, 5.41) is 5.29. The molecule has 0 atom stereocenters. The Bertz CT molecular complexity index is 629. The molecule has 2 aromatic rings. The van der Waals surface area contributed by atoms with Crippen molar-refractivity contribution in [2.75, 3.05) is 26.8 Å². The molecule has 7 nitrogen and oxygen atoms in total. The molecule has 114 valence electrons. The van der Waals surface area contributed by atoms with E-state index in [-0.39, 0.29) is 18.4 Å². The lowest BCUT2D eigenvalue weighted by Crippen LogP contribution is -2.38. The van der Waals surface area contributed by atoms with Crippen molar-refractivity contribution in [1.29, 1.82) is 0 Å². The average Bonchev–Trinajstić information content (AvgIpc) is 3.04. The van der Waals surface area contributed by atoms with Crippen LogP contribution in [0.5, 0.6) is 0 Å². The summed E-state index contributed by atoms with van der Waals surface area (Å²) in [6.07, 6.45) is 2.31. The molecule has 0 aliphatic carbocycles. The second-order valence-corrected chi connectivity index (χ2v) is 4.64. The second kappa shape index (κ2) is 6.94. The number of fused-ring (bicyclic) bond motifs is 1. The summed E-state index contributed by atoms with van der Waals surface area (Å²) >= 11 is 0. The zero-order valence-electron chi connectivity index (χ0n) is 12.1. The van der Waals surface area contributed by atoms with Crippen LogP contribution in [-0.2, 0) is 16.6 Å². The molecule has 2 heterocycles. The second-order valence-electron chi connectivity index (χ2n) is 4.64. The van der Waals surface area contributed by atoms with Gasteiger partial charge in [-0.2, -0.15) is 0 Å². The fraction of sp³-hybridized carbons (Fsp3) is 0.429. The quantitative estimate of drug-likeness (QED) is 0.734. The van der Waals surface area contributed by atoms with E-state index in [4.69, 9.17) is 9.15 Å². The van der Waals surface area contributed by atoms with Crippen molar-refractivity contribution in [2.45, 2.75) is 6.42 Å². The molecule has 2 rings (SSSR count). The van der Waals surface area contributed by atoms with Crippen LogP contribution in [0.1, 0.15) is 16.9 Å². The molecule has 0 saturated heterocycles. The fourth-order valence-corrected chi connectivity index (χ4v) is 2.03. The third kappa shape index (κ3) is 3.63. The van der Waals surface area contributed by atoms with E-state index < -0.39 is 0 Å². The van der Waals surface area contributed by atoms with Gasteiger partial charge in [-0.25, -0.2) is 0 Å². The van der Waals surface area contributed by atoms with Crippen LogP contribution in [0.2, 0.25) is 0 Å². The summed E-state index contributed by atoms with van der Waals surface area (Å²) in [6.45, 7) is 1.06. The van der Waals surface area contributed by atoms with E-state index >= 15 is 0 Å². The first-order chi connectivity index (χ1) is 10.1. The number of rotatable bonds is 7. The zero-order valence-corrected chi connectivity index (χ0v) is 12.1. The number of furan rings is 1. The highest BCUT2D eigenvalue weighted by Gasteiger charge is 2.15. The Morgan fingerprint density at radius 1 is 1.38 bits per heavy atom. The molecule has 7 heteroatoms. The standard InChI is InChI=1S/C14H19N3O4/c1-17-10-4-7-21-12(10)8-11(17)14(19)16-9-13(18)15-5-3-6-20-2/h4,7-8H,3,5-6,9H2,1-2H3,(H,15,18)(H,16,19). The minimum Gasteiger partial charge on any atom is -0.463 e. The first-order valence-corrected chi connectivity index (χ1v) is 6.70. The number of methoxy groups -OCH3 is 1. The van der Waals surface area contributed by atoms with Crippen molar-refractivity contribution >= 4 is 22.9 Å². The molecule has 0 radical (unpaired) electrons. The largest absolute Gasteiger partial charge is 0.463 e. The number of carbonyl (C=O) groups excluding carboxylic acids is 2. The highest BCUT2D eigenvalue weighted by molar-refractivity contribution is 5.99. The number of carbonyl (C=O) groups is 2. The van der Waals surface area contributed by atoms with Gasteiger partial charge in [-0.3, -0.25) is 9.59 Å². The van der Waals surface area contributed by atoms with Gasteiger partial charge in [0.1, 0.15) is 5.69 Å². The number of aromatic nitrogens is 1. The molecule has 0 aromatic carbocycles. The van der Waals surface area contributed by atoms with E-state index in [9.17, 15) is 9.59 Å². The maximum absolute atomic E-state index is 12.0. The molecule has 0 unspecified atom stereocenters. The lowest BCUT2D eigenvalue weighted by atomic mass is 10.4. The maximum atomic E-state index is 12.0. The smallest absolute Gasteiger partial charge is 0.268 e. The Labute approximate surface area is 122 Å². The van der Waals surface area contributed by atoms with Crippen molar-refractivity contribution in [3.05, 3.63) is 24.1 Å². The van der Waals surface area contributed by atoms with Crippen LogP contribution in [0, 0.1) is 0 Å². The molecule has 0 aliphatic heterocycles. The monoisotopic (exact) mass is 293 g/mol.